The van der Waals surface area contributed by atoms with E-state index in [2.05, 4.69) is 44.3 Å². The molecule has 0 aromatic heterocycles. The number of rotatable bonds is 7. The monoisotopic (exact) mass is 309 g/mol. The Bertz CT molecular complexity index is 452. The molecular formula is C17H27NO2S. The van der Waals surface area contributed by atoms with Crippen molar-refractivity contribution in [3.63, 3.8) is 0 Å². The zero-order chi connectivity index (χ0) is 15.2. The highest BCUT2D eigenvalue weighted by atomic mass is 32.2. The zero-order valence-corrected chi connectivity index (χ0v) is 14.3. The van der Waals surface area contributed by atoms with Crippen LogP contribution >= 0.6 is 11.8 Å². The molecular weight excluding hydrogens is 282 g/mol. The average molecular weight is 309 g/mol. The number of benzene rings is 1. The van der Waals surface area contributed by atoms with Gasteiger partial charge in [-0.2, -0.15) is 0 Å². The van der Waals surface area contributed by atoms with Gasteiger partial charge in [0.1, 0.15) is 5.75 Å². The quantitative estimate of drug-likeness (QED) is 0.824. The van der Waals surface area contributed by atoms with E-state index < -0.39 is 0 Å². The molecule has 1 aromatic rings. The molecule has 2 rings (SSSR count). The standard InChI is InChI=1S/C17H27NO2S/c1-5-10-18-12(2)17-14(19-4)7-6-8-16(17)21-15-9-11-20-13(15)3/h6-8,12-13,15,18H,5,9-11H2,1-4H3. The van der Waals surface area contributed by atoms with Crippen molar-refractivity contribution in [2.75, 3.05) is 20.3 Å². The first kappa shape index (κ1) is 16.7. The van der Waals surface area contributed by atoms with E-state index in [0.29, 0.717) is 17.4 Å². The molecule has 1 aliphatic heterocycles. The molecule has 3 nitrogen and oxygen atoms in total. The van der Waals surface area contributed by atoms with Crippen LogP contribution in [0.5, 0.6) is 5.75 Å². The fourth-order valence-electron chi connectivity index (χ4n) is 2.72. The van der Waals surface area contributed by atoms with Crippen molar-refractivity contribution in [1.82, 2.24) is 5.32 Å². The van der Waals surface area contributed by atoms with Gasteiger partial charge >= 0.3 is 0 Å². The highest BCUT2D eigenvalue weighted by Crippen LogP contribution is 2.40. The van der Waals surface area contributed by atoms with E-state index in [1.165, 1.54) is 10.5 Å². The Morgan fingerprint density at radius 1 is 1.48 bits per heavy atom. The van der Waals surface area contributed by atoms with Crippen molar-refractivity contribution >= 4 is 11.8 Å². The molecule has 3 atom stereocenters. The Morgan fingerprint density at radius 2 is 2.29 bits per heavy atom. The molecule has 0 aliphatic carbocycles. The topological polar surface area (TPSA) is 30.5 Å². The first-order valence-electron chi connectivity index (χ1n) is 7.85. The van der Waals surface area contributed by atoms with Gasteiger partial charge in [0.05, 0.1) is 13.2 Å². The maximum Gasteiger partial charge on any atom is 0.124 e. The van der Waals surface area contributed by atoms with Crippen LogP contribution in [0.25, 0.3) is 0 Å². The van der Waals surface area contributed by atoms with Crippen LogP contribution in [0.3, 0.4) is 0 Å². The van der Waals surface area contributed by atoms with E-state index in [1.807, 2.05) is 11.8 Å². The minimum Gasteiger partial charge on any atom is -0.496 e. The molecule has 0 radical (unpaired) electrons. The second-order valence-electron chi connectivity index (χ2n) is 5.57. The van der Waals surface area contributed by atoms with Crippen molar-refractivity contribution in [3.05, 3.63) is 23.8 Å². The number of hydrogen-bond acceptors (Lipinski definition) is 4. The van der Waals surface area contributed by atoms with Gasteiger partial charge in [0.25, 0.3) is 0 Å². The summed E-state index contributed by atoms with van der Waals surface area (Å²) in [7, 11) is 1.75. The van der Waals surface area contributed by atoms with E-state index in [9.17, 15) is 0 Å². The highest BCUT2D eigenvalue weighted by Gasteiger charge is 2.27. The maximum atomic E-state index is 5.69. The van der Waals surface area contributed by atoms with E-state index in [-0.39, 0.29) is 0 Å². The van der Waals surface area contributed by atoms with Crippen LogP contribution in [0, 0.1) is 0 Å². The Morgan fingerprint density at radius 3 is 2.90 bits per heavy atom. The lowest BCUT2D eigenvalue weighted by Gasteiger charge is -2.22. The van der Waals surface area contributed by atoms with Crippen LogP contribution in [0.2, 0.25) is 0 Å². The number of hydrogen-bond donors (Lipinski definition) is 1. The summed E-state index contributed by atoms with van der Waals surface area (Å²) >= 11 is 1.93. The minimum absolute atomic E-state index is 0.293. The van der Waals surface area contributed by atoms with Crippen LogP contribution in [0.1, 0.15) is 45.2 Å². The van der Waals surface area contributed by atoms with Crippen LogP contribution in [-0.4, -0.2) is 31.6 Å². The fourth-order valence-corrected chi connectivity index (χ4v) is 4.10. The molecule has 1 N–H and O–H groups in total. The molecule has 21 heavy (non-hydrogen) atoms. The molecule has 1 saturated heterocycles. The molecule has 0 bridgehead atoms. The van der Waals surface area contributed by atoms with Gasteiger partial charge in [-0.05, 0) is 45.4 Å². The van der Waals surface area contributed by atoms with Gasteiger partial charge in [-0.3, -0.25) is 0 Å². The fraction of sp³-hybridized carbons (Fsp3) is 0.647. The molecule has 4 heteroatoms. The molecule has 1 heterocycles. The SMILES string of the molecule is CCCNC(C)c1c(OC)cccc1SC1CCOC1C. The lowest BCUT2D eigenvalue weighted by molar-refractivity contribution is 0.127. The summed E-state index contributed by atoms with van der Waals surface area (Å²) in [4.78, 5) is 1.31. The van der Waals surface area contributed by atoms with Gasteiger partial charge in [-0.25, -0.2) is 0 Å². The number of ether oxygens (including phenoxy) is 2. The second kappa shape index (κ2) is 8.06. The van der Waals surface area contributed by atoms with Gasteiger partial charge in [0.2, 0.25) is 0 Å². The van der Waals surface area contributed by atoms with Crippen molar-refractivity contribution in [2.24, 2.45) is 0 Å². The summed E-state index contributed by atoms with van der Waals surface area (Å²) in [5, 5.41) is 4.11. The maximum absolute atomic E-state index is 5.69. The summed E-state index contributed by atoms with van der Waals surface area (Å²) in [6.07, 6.45) is 2.59. The molecule has 118 valence electrons. The highest BCUT2D eigenvalue weighted by molar-refractivity contribution is 8.00. The smallest absolute Gasteiger partial charge is 0.124 e. The Kier molecular flexibility index (Phi) is 6.40. The Balaban J connectivity index is 2.22. The third-order valence-electron chi connectivity index (χ3n) is 3.96. The molecule has 1 aromatic carbocycles. The molecule has 0 spiro atoms. The normalized spacial score (nSPS) is 23.2. The number of thioether (sulfide) groups is 1. The van der Waals surface area contributed by atoms with Crippen molar-refractivity contribution in [1.29, 1.82) is 0 Å². The van der Waals surface area contributed by atoms with E-state index >= 15 is 0 Å². The summed E-state index contributed by atoms with van der Waals surface area (Å²) < 4.78 is 11.3. The lowest BCUT2D eigenvalue weighted by Crippen LogP contribution is -2.21. The van der Waals surface area contributed by atoms with Gasteiger partial charge in [0, 0.05) is 28.4 Å². The van der Waals surface area contributed by atoms with Crippen LogP contribution in [-0.2, 0) is 4.74 Å². The third-order valence-corrected chi connectivity index (χ3v) is 5.50. The number of methoxy groups -OCH3 is 1. The molecule has 0 amide bonds. The van der Waals surface area contributed by atoms with Gasteiger partial charge in [-0.15, -0.1) is 11.8 Å². The zero-order valence-electron chi connectivity index (χ0n) is 13.5. The van der Waals surface area contributed by atoms with Crippen molar-refractivity contribution < 1.29 is 9.47 Å². The summed E-state index contributed by atoms with van der Waals surface area (Å²) in [5.74, 6) is 0.975. The largest absolute Gasteiger partial charge is 0.496 e. The molecule has 3 unspecified atom stereocenters. The summed E-state index contributed by atoms with van der Waals surface area (Å²) in [6.45, 7) is 8.47. The predicted octanol–water partition coefficient (Wildman–Crippen LogP) is 4.03. The predicted molar refractivity (Wildman–Crippen MR) is 89.4 cm³/mol. The van der Waals surface area contributed by atoms with Gasteiger partial charge in [-0.1, -0.05) is 13.0 Å². The van der Waals surface area contributed by atoms with Gasteiger partial charge < -0.3 is 14.8 Å². The van der Waals surface area contributed by atoms with Crippen LogP contribution in [0.4, 0.5) is 0 Å². The van der Waals surface area contributed by atoms with Crippen LogP contribution < -0.4 is 10.1 Å². The van der Waals surface area contributed by atoms with E-state index in [4.69, 9.17) is 9.47 Å². The Hall–Kier alpha value is -0.710. The van der Waals surface area contributed by atoms with E-state index in [1.54, 1.807) is 7.11 Å². The first-order chi connectivity index (χ1) is 10.2. The average Bonchev–Trinajstić information content (AvgIpc) is 2.89. The first-order valence-corrected chi connectivity index (χ1v) is 8.73. The number of nitrogens with one attached hydrogen (secondary N) is 1. The second-order valence-corrected chi connectivity index (χ2v) is 6.85. The van der Waals surface area contributed by atoms with Crippen molar-refractivity contribution in [2.45, 2.75) is 55.9 Å². The minimum atomic E-state index is 0.293. The third kappa shape index (κ3) is 4.15. The van der Waals surface area contributed by atoms with Crippen LogP contribution in [0.15, 0.2) is 23.1 Å². The summed E-state index contributed by atoms with van der Waals surface area (Å²) in [5.41, 5.74) is 1.28. The van der Waals surface area contributed by atoms with E-state index in [0.717, 1.165) is 31.7 Å². The Labute approximate surface area is 132 Å². The molecule has 1 aliphatic rings. The van der Waals surface area contributed by atoms with Crippen molar-refractivity contribution in [3.8, 4) is 5.75 Å². The molecule has 1 fully saturated rings. The van der Waals surface area contributed by atoms with Gasteiger partial charge in [0.15, 0.2) is 0 Å². The lowest BCUT2D eigenvalue weighted by atomic mass is 10.1. The molecule has 0 saturated carbocycles. The summed E-state index contributed by atoms with van der Waals surface area (Å²) in [6, 6.07) is 6.63.